The fourth-order valence-electron chi connectivity index (χ4n) is 2.88. The third-order valence-electron chi connectivity index (χ3n) is 4.20. The number of benzene rings is 1. The number of halogens is 2. The zero-order valence-electron chi connectivity index (χ0n) is 13.4. The van der Waals surface area contributed by atoms with E-state index in [0.29, 0.717) is 24.1 Å². The Morgan fingerprint density at radius 2 is 1.91 bits per heavy atom. The van der Waals surface area contributed by atoms with Crippen LogP contribution >= 0.6 is 24.0 Å². The van der Waals surface area contributed by atoms with Gasteiger partial charge in [0.15, 0.2) is 5.96 Å². The highest BCUT2D eigenvalue weighted by Crippen LogP contribution is 2.26. The first kappa shape index (κ1) is 19.2. The molecule has 5 heteroatoms. The minimum Gasteiger partial charge on any atom is -0.370 e. The fraction of sp³-hybridized carbons (Fsp3) is 0.588. The number of guanidine groups is 1. The van der Waals surface area contributed by atoms with Crippen molar-refractivity contribution in [3.8, 4) is 0 Å². The van der Waals surface area contributed by atoms with Crippen LogP contribution in [0.3, 0.4) is 0 Å². The van der Waals surface area contributed by atoms with Crippen LogP contribution in [-0.2, 0) is 5.41 Å². The van der Waals surface area contributed by atoms with Crippen molar-refractivity contribution < 1.29 is 4.39 Å². The van der Waals surface area contributed by atoms with Crippen LogP contribution < -0.4 is 11.1 Å². The molecule has 1 fully saturated rings. The van der Waals surface area contributed by atoms with Crippen LogP contribution in [0.25, 0.3) is 0 Å². The molecule has 0 aromatic heterocycles. The van der Waals surface area contributed by atoms with E-state index < -0.39 is 0 Å². The molecule has 0 unspecified atom stereocenters. The van der Waals surface area contributed by atoms with Gasteiger partial charge in [0.2, 0.25) is 0 Å². The summed E-state index contributed by atoms with van der Waals surface area (Å²) < 4.78 is 13.9. The minimum atomic E-state index is -0.371. The van der Waals surface area contributed by atoms with Gasteiger partial charge in [-0.15, -0.1) is 24.0 Å². The molecule has 22 heavy (non-hydrogen) atoms. The van der Waals surface area contributed by atoms with Gasteiger partial charge in [0.25, 0.3) is 0 Å². The molecule has 1 aromatic rings. The highest BCUT2D eigenvalue weighted by Gasteiger charge is 2.23. The lowest BCUT2D eigenvalue weighted by Crippen LogP contribution is -2.41. The molecule has 0 saturated heterocycles. The van der Waals surface area contributed by atoms with Crippen LogP contribution in [0.4, 0.5) is 4.39 Å². The Morgan fingerprint density at radius 3 is 2.55 bits per heavy atom. The molecular weight excluding hydrogens is 392 g/mol. The SMILES string of the molecule is CC(C)(CN=C(N)NC1CCCCC1)c1ccccc1F.I. The standard InChI is InChI=1S/C17H26FN3.HI/c1-17(2,14-10-6-7-11-15(14)18)12-20-16(19)21-13-8-4-3-5-9-13;/h6-7,10-11,13H,3-5,8-9,12H2,1-2H3,(H3,19,20,21);1H. The third-order valence-corrected chi connectivity index (χ3v) is 4.20. The molecule has 124 valence electrons. The maximum Gasteiger partial charge on any atom is 0.188 e. The second-order valence-electron chi connectivity index (χ2n) is 6.54. The number of hydrogen-bond acceptors (Lipinski definition) is 1. The zero-order chi connectivity index (χ0) is 15.3. The van der Waals surface area contributed by atoms with Crippen LogP contribution in [0.15, 0.2) is 29.3 Å². The molecule has 2 rings (SSSR count). The molecule has 0 heterocycles. The first-order chi connectivity index (χ1) is 9.99. The third kappa shape index (κ3) is 5.41. The first-order valence-corrected chi connectivity index (χ1v) is 7.80. The lowest BCUT2D eigenvalue weighted by Gasteiger charge is -2.26. The summed E-state index contributed by atoms with van der Waals surface area (Å²) in [6.07, 6.45) is 6.15. The number of rotatable bonds is 4. The minimum absolute atomic E-state index is 0. The first-order valence-electron chi connectivity index (χ1n) is 7.80. The summed E-state index contributed by atoms with van der Waals surface area (Å²) in [6, 6.07) is 7.31. The number of hydrogen-bond donors (Lipinski definition) is 2. The van der Waals surface area contributed by atoms with Crippen LogP contribution in [-0.4, -0.2) is 18.5 Å². The van der Waals surface area contributed by atoms with Crippen LogP contribution in [0, 0.1) is 5.82 Å². The number of nitrogens with one attached hydrogen (secondary N) is 1. The Kier molecular flexibility index (Phi) is 7.59. The van der Waals surface area contributed by atoms with Crippen molar-refractivity contribution in [1.29, 1.82) is 0 Å². The summed E-state index contributed by atoms with van der Waals surface area (Å²) in [5, 5.41) is 3.29. The van der Waals surface area contributed by atoms with Crippen molar-refractivity contribution in [3.05, 3.63) is 35.6 Å². The van der Waals surface area contributed by atoms with Crippen molar-refractivity contribution in [2.75, 3.05) is 6.54 Å². The summed E-state index contributed by atoms with van der Waals surface area (Å²) >= 11 is 0. The Hall–Kier alpha value is -0.850. The topological polar surface area (TPSA) is 50.4 Å². The molecule has 0 atom stereocenters. The van der Waals surface area contributed by atoms with E-state index in [-0.39, 0.29) is 35.2 Å². The van der Waals surface area contributed by atoms with E-state index >= 15 is 0 Å². The maximum absolute atomic E-state index is 13.9. The average Bonchev–Trinajstić information content (AvgIpc) is 2.47. The largest absolute Gasteiger partial charge is 0.370 e. The number of nitrogens with two attached hydrogens (primary N) is 1. The Labute approximate surface area is 150 Å². The van der Waals surface area contributed by atoms with Crippen molar-refractivity contribution in [2.24, 2.45) is 10.7 Å². The number of aliphatic imine (C=N–C) groups is 1. The summed E-state index contributed by atoms with van der Waals surface area (Å²) in [5.74, 6) is 0.294. The van der Waals surface area contributed by atoms with Crippen LogP contribution in [0.5, 0.6) is 0 Å². The van der Waals surface area contributed by atoms with Gasteiger partial charge >= 0.3 is 0 Å². The van der Waals surface area contributed by atoms with Gasteiger partial charge in [-0.2, -0.15) is 0 Å². The van der Waals surface area contributed by atoms with Gasteiger partial charge in [0.05, 0.1) is 6.54 Å². The van der Waals surface area contributed by atoms with Crippen LogP contribution in [0.1, 0.15) is 51.5 Å². The highest BCUT2D eigenvalue weighted by atomic mass is 127. The molecule has 0 spiro atoms. The van der Waals surface area contributed by atoms with Crippen molar-refractivity contribution in [1.82, 2.24) is 5.32 Å². The van der Waals surface area contributed by atoms with Gasteiger partial charge in [0.1, 0.15) is 5.82 Å². The molecule has 1 saturated carbocycles. The molecule has 1 aromatic carbocycles. The van der Waals surface area contributed by atoms with Gasteiger partial charge in [-0.1, -0.05) is 51.3 Å². The van der Waals surface area contributed by atoms with E-state index in [1.54, 1.807) is 6.07 Å². The quantitative estimate of drug-likeness (QED) is 0.441. The smallest absolute Gasteiger partial charge is 0.188 e. The normalized spacial score (nSPS) is 17.0. The van der Waals surface area contributed by atoms with Crippen LogP contribution in [0.2, 0.25) is 0 Å². The Balaban J connectivity index is 0.00000242. The van der Waals surface area contributed by atoms with Gasteiger partial charge in [-0.3, -0.25) is 4.99 Å². The second-order valence-corrected chi connectivity index (χ2v) is 6.54. The van der Waals surface area contributed by atoms with Gasteiger partial charge < -0.3 is 11.1 Å². The van der Waals surface area contributed by atoms with E-state index in [1.807, 2.05) is 26.0 Å². The monoisotopic (exact) mass is 419 g/mol. The predicted molar refractivity (Wildman–Crippen MR) is 101 cm³/mol. The Morgan fingerprint density at radius 1 is 1.27 bits per heavy atom. The molecular formula is C17H27FIN3. The molecule has 3 N–H and O–H groups in total. The summed E-state index contributed by atoms with van der Waals surface area (Å²) in [6.45, 7) is 4.45. The highest BCUT2D eigenvalue weighted by molar-refractivity contribution is 14.0. The van der Waals surface area contributed by atoms with E-state index in [9.17, 15) is 4.39 Å². The number of nitrogens with zero attached hydrogens (tertiary/aromatic N) is 1. The van der Waals surface area contributed by atoms with Gasteiger partial charge in [-0.25, -0.2) is 4.39 Å². The van der Waals surface area contributed by atoms with Gasteiger partial charge in [0, 0.05) is 11.5 Å². The maximum atomic E-state index is 13.9. The Bertz CT molecular complexity index is 496. The summed E-state index contributed by atoms with van der Waals surface area (Å²) in [7, 11) is 0. The van der Waals surface area contributed by atoms with E-state index in [1.165, 1.54) is 25.3 Å². The van der Waals surface area contributed by atoms with E-state index in [2.05, 4.69) is 10.3 Å². The molecule has 1 aliphatic carbocycles. The average molecular weight is 419 g/mol. The second kappa shape index (κ2) is 8.70. The zero-order valence-corrected chi connectivity index (χ0v) is 15.8. The summed E-state index contributed by atoms with van der Waals surface area (Å²) in [4.78, 5) is 4.42. The van der Waals surface area contributed by atoms with E-state index in [0.717, 1.165) is 12.8 Å². The molecule has 3 nitrogen and oxygen atoms in total. The van der Waals surface area contributed by atoms with E-state index in [4.69, 9.17) is 5.73 Å². The van der Waals surface area contributed by atoms with Crippen molar-refractivity contribution in [3.63, 3.8) is 0 Å². The molecule has 0 aliphatic heterocycles. The molecule has 0 bridgehead atoms. The lowest BCUT2D eigenvalue weighted by molar-refractivity contribution is 0.411. The fourth-order valence-corrected chi connectivity index (χ4v) is 2.88. The van der Waals surface area contributed by atoms with Crippen molar-refractivity contribution >= 4 is 29.9 Å². The molecule has 1 aliphatic rings. The molecule has 0 radical (unpaired) electrons. The summed E-state index contributed by atoms with van der Waals surface area (Å²) in [5.41, 5.74) is 6.28. The van der Waals surface area contributed by atoms with Gasteiger partial charge in [-0.05, 0) is 24.5 Å². The molecule has 0 amide bonds. The lowest BCUT2D eigenvalue weighted by atomic mass is 9.84. The predicted octanol–water partition coefficient (Wildman–Crippen LogP) is 3.96. The van der Waals surface area contributed by atoms with Crippen molar-refractivity contribution in [2.45, 2.75) is 57.4 Å².